The van der Waals surface area contributed by atoms with Crippen molar-refractivity contribution in [3.63, 3.8) is 0 Å². The molecule has 0 spiro atoms. The third-order valence-corrected chi connectivity index (χ3v) is 5.51. The number of hydrogen-bond donors (Lipinski definition) is 4. The summed E-state index contributed by atoms with van der Waals surface area (Å²) in [6, 6.07) is 2.79. The van der Waals surface area contributed by atoms with Crippen LogP contribution in [0.15, 0.2) is 29.2 Å². The SMILES string of the molecule is C[C@@H]1CCO[C@H]2Cn3cc(C(=O)NCc4ccc(F)cc4F)c(=O)c(O)c3C(=O)N12.NCCO. The Morgan fingerprint density at radius 2 is 2.03 bits per heavy atom. The summed E-state index contributed by atoms with van der Waals surface area (Å²) in [5.74, 6) is -3.82. The fourth-order valence-corrected chi connectivity index (χ4v) is 3.76. The molecule has 1 aromatic carbocycles. The van der Waals surface area contributed by atoms with Crippen LogP contribution in [-0.4, -0.2) is 63.5 Å². The molecule has 1 aromatic heterocycles. The maximum Gasteiger partial charge on any atom is 0.276 e. The molecule has 0 bridgehead atoms. The fraction of sp³-hybridized carbons (Fsp3) is 0.409. The summed E-state index contributed by atoms with van der Waals surface area (Å²) in [6.45, 7) is 2.65. The van der Waals surface area contributed by atoms with Crippen molar-refractivity contribution in [2.75, 3.05) is 19.8 Å². The lowest BCUT2D eigenvalue weighted by Gasteiger charge is -2.44. The van der Waals surface area contributed by atoms with E-state index in [0.717, 1.165) is 6.07 Å². The Bertz CT molecular complexity index is 1140. The topological polar surface area (TPSA) is 147 Å². The molecule has 2 aliphatic rings. The smallest absolute Gasteiger partial charge is 0.276 e. The number of aromatic nitrogens is 1. The lowest BCUT2D eigenvalue weighted by atomic mass is 10.1. The third kappa shape index (κ3) is 5.08. The van der Waals surface area contributed by atoms with Gasteiger partial charge in [0.25, 0.3) is 11.8 Å². The number of hydrogen-bond acceptors (Lipinski definition) is 7. The molecule has 2 atom stereocenters. The van der Waals surface area contributed by atoms with Crippen LogP contribution >= 0.6 is 0 Å². The van der Waals surface area contributed by atoms with E-state index in [1.165, 1.54) is 21.7 Å². The highest BCUT2D eigenvalue weighted by atomic mass is 19.1. The van der Waals surface area contributed by atoms with E-state index in [1.807, 2.05) is 6.92 Å². The van der Waals surface area contributed by atoms with E-state index in [-0.39, 0.29) is 37.0 Å². The summed E-state index contributed by atoms with van der Waals surface area (Å²) < 4.78 is 33.7. The summed E-state index contributed by atoms with van der Waals surface area (Å²) in [4.78, 5) is 39.4. The van der Waals surface area contributed by atoms with Gasteiger partial charge in [-0.15, -0.1) is 0 Å². The molecule has 0 radical (unpaired) electrons. The average molecular weight is 480 g/mol. The van der Waals surface area contributed by atoms with Gasteiger partial charge in [-0.2, -0.15) is 0 Å². The zero-order valence-electron chi connectivity index (χ0n) is 18.5. The van der Waals surface area contributed by atoms with Crippen LogP contribution in [0.1, 0.15) is 39.8 Å². The van der Waals surface area contributed by atoms with Gasteiger partial charge in [-0.3, -0.25) is 14.4 Å². The molecule has 3 heterocycles. The number of nitrogens with one attached hydrogen (secondary N) is 1. The molecule has 1 fully saturated rings. The number of carbonyl (C=O) groups excluding carboxylic acids is 2. The second kappa shape index (κ2) is 10.7. The minimum absolute atomic E-state index is 0.0300. The number of nitrogens with two attached hydrogens (primary N) is 1. The molecule has 5 N–H and O–H groups in total. The first-order valence-corrected chi connectivity index (χ1v) is 10.6. The molecule has 1 saturated heterocycles. The van der Waals surface area contributed by atoms with Crippen LogP contribution in [-0.2, 0) is 17.8 Å². The molecule has 12 heteroatoms. The van der Waals surface area contributed by atoms with Crippen LogP contribution in [0.2, 0.25) is 0 Å². The number of carbonyl (C=O) groups is 2. The predicted octanol–water partition coefficient (Wildman–Crippen LogP) is 0.290. The molecule has 2 aliphatic heterocycles. The van der Waals surface area contributed by atoms with Crippen LogP contribution in [0.3, 0.4) is 0 Å². The maximum atomic E-state index is 13.8. The molecule has 184 valence electrons. The maximum absolute atomic E-state index is 13.8. The highest BCUT2D eigenvalue weighted by molar-refractivity contribution is 5.99. The summed E-state index contributed by atoms with van der Waals surface area (Å²) in [5.41, 5.74) is 3.21. The first kappa shape index (κ1) is 25.3. The van der Waals surface area contributed by atoms with E-state index in [2.05, 4.69) is 5.32 Å². The van der Waals surface area contributed by atoms with Gasteiger partial charge in [-0.25, -0.2) is 8.78 Å². The average Bonchev–Trinajstić information content (AvgIpc) is 2.80. The molecule has 34 heavy (non-hydrogen) atoms. The number of ether oxygens (including phenoxy) is 1. The first-order chi connectivity index (χ1) is 16.2. The molecular formula is C22H26F2N4O6. The van der Waals surface area contributed by atoms with E-state index in [9.17, 15) is 28.3 Å². The molecule has 0 aliphatic carbocycles. The van der Waals surface area contributed by atoms with Crippen LogP contribution < -0.4 is 16.5 Å². The van der Waals surface area contributed by atoms with Crippen molar-refractivity contribution in [2.24, 2.45) is 5.73 Å². The minimum Gasteiger partial charge on any atom is -0.503 e. The van der Waals surface area contributed by atoms with Gasteiger partial charge in [0.2, 0.25) is 5.43 Å². The van der Waals surface area contributed by atoms with Crippen LogP contribution in [0.25, 0.3) is 0 Å². The molecule has 2 aromatic rings. The number of aromatic hydroxyl groups is 1. The number of nitrogens with zero attached hydrogens (tertiary/aromatic N) is 2. The van der Waals surface area contributed by atoms with E-state index < -0.39 is 46.4 Å². The number of aliphatic hydroxyl groups is 1. The lowest BCUT2D eigenvalue weighted by Crippen LogP contribution is -2.57. The monoisotopic (exact) mass is 480 g/mol. The van der Waals surface area contributed by atoms with Gasteiger partial charge >= 0.3 is 0 Å². The van der Waals surface area contributed by atoms with Gasteiger partial charge in [0.05, 0.1) is 19.8 Å². The molecule has 4 rings (SSSR count). The number of halogens is 2. The molecular weight excluding hydrogens is 454 g/mol. The predicted molar refractivity (Wildman–Crippen MR) is 116 cm³/mol. The zero-order valence-corrected chi connectivity index (χ0v) is 18.5. The summed E-state index contributed by atoms with van der Waals surface area (Å²) >= 11 is 0. The van der Waals surface area contributed by atoms with E-state index in [1.54, 1.807) is 0 Å². The second-order valence-corrected chi connectivity index (χ2v) is 7.83. The molecule has 0 saturated carbocycles. The summed E-state index contributed by atoms with van der Waals surface area (Å²) in [6.07, 6.45) is 1.25. The minimum atomic E-state index is -1.00. The highest BCUT2D eigenvalue weighted by Crippen LogP contribution is 2.29. The molecule has 2 amide bonds. The number of benzene rings is 1. The van der Waals surface area contributed by atoms with Gasteiger partial charge in [0.15, 0.2) is 17.7 Å². The van der Waals surface area contributed by atoms with Crippen molar-refractivity contribution in [1.29, 1.82) is 0 Å². The van der Waals surface area contributed by atoms with Crippen molar-refractivity contribution < 1.29 is 33.3 Å². The molecule has 10 nitrogen and oxygen atoms in total. The van der Waals surface area contributed by atoms with Gasteiger partial charge in [0.1, 0.15) is 17.2 Å². The van der Waals surface area contributed by atoms with Crippen molar-refractivity contribution in [3.8, 4) is 5.75 Å². The number of rotatable bonds is 4. The Balaban J connectivity index is 0.000000751. The Labute approximate surface area is 193 Å². The second-order valence-electron chi connectivity index (χ2n) is 7.83. The standard InChI is InChI=1S/C20H19F2N3O5.C2H7NO/c1-10-4-5-30-15-9-24-8-13(17(26)18(27)16(24)20(29)25(10)15)19(28)23-7-11-2-3-12(21)6-14(11)22;3-1-2-4/h2-3,6,8,10,15,27H,4-5,7,9H2,1H3,(H,23,28);4H,1-3H2/t10-,15+;/m1./s1. The van der Waals surface area contributed by atoms with Crippen molar-refractivity contribution >= 4 is 11.8 Å². The molecule has 0 unspecified atom stereocenters. The van der Waals surface area contributed by atoms with Crippen LogP contribution in [0.4, 0.5) is 8.78 Å². The summed E-state index contributed by atoms with van der Waals surface area (Å²) in [5, 5.41) is 20.5. The van der Waals surface area contributed by atoms with Crippen molar-refractivity contribution in [3.05, 3.63) is 63.1 Å². The van der Waals surface area contributed by atoms with E-state index in [0.29, 0.717) is 25.6 Å². The lowest BCUT2D eigenvalue weighted by molar-refractivity contribution is -0.112. The van der Waals surface area contributed by atoms with E-state index >= 15 is 0 Å². The van der Waals surface area contributed by atoms with E-state index in [4.69, 9.17) is 15.6 Å². The Hall–Kier alpha value is -3.35. The number of amides is 2. The number of aliphatic hydroxyl groups excluding tert-OH is 1. The Kier molecular flexibility index (Phi) is 7.97. The normalized spacial score (nSPS) is 19.0. The van der Waals surface area contributed by atoms with Gasteiger partial charge in [-0.05, 0) is 19.4 Å². The first-order valence-electron chi connectivity index (χ1n) is 10.6. The Morgan fingerprint density at radius 1 is 1.32 bits per heavy atom. The number of fused-ring (bicyclic) bond motifs is 2. The van der Waals surface area contributed by atoms with Crippen LogP contribution in [0.5, 0.6) is 5.75 Å². The fourth-order valence-electron chi connectivity index (χ4n) is 3.76. The van der Waals surface area contributed by atoms with Gasteiger partial charge < -0.3 is 35.5 Å². The van der Waals surface area contributed by atoms with Gasteiger partial charge in [-0.1, -0.05) is 6.07 Å². The van der Waals surface area contributed by atoms with Crippen molar-refractivity contribution in [1.82, 2.24) is 14.8 Å². The quantitative estimate of drug-likeness (QED) is 0.492. The van der Waals surface area contributed by atoms with Crippen molar-refractivity contribution in [2.45, 2.75) is 38.7 Å². The largest absolute Gasteiger partial charge is 0.503 e. The van der Waals surface area contributed by atoms with Gasteiger partial charge in [0, 0.05) is 37.0 Å². The Morgan fingerprint density at radius 3 is 2.68 bits per heavy atom. The zero-order chi connectivity index (χ0) is 25.0. The number of pyridine rings is 1. The van der Waals surface area contributed by atoms with Crippen LogP contribution in [0, 0.1) is 11.6 Å². The summed E-state index contributed by atoms with van der Waals surface area (Å²) in [7, 11) is 0. The third-order valence-electron chi connectivity index (χ3n) is 5.51. The highest BCUT2D eigenvalue weighted by Gasteiger charge is 2.41.